The van der Waals surface area contributed by atoms with E-state index in [-0.39, 0.29) is 23.1 Å². The minimum Gasteiger partial charge on any atom is -0.342 e. The smallest absolute Gasteiger partial charge is 0.252 e. The van der Waals surface area contributed by atoms with Crippen molar-refractivity contribution in [1.29, 1.82) is 0 Å². The molecule has 3 heterocycles. The van der Waals surface area contributed by atoms with Crippen molar-refractivity contribution in [3.05, 3.63) is 38.8 Å². The first kappa shape index (κ1) is 24.0. The highest BCUT2D eigenvalue weighted by Gasteiger charge is 2.33. The van der Waals surface area contributed by atoms with Crippen molar-refractivity contribution in [2.45, 2.75) is 73.1 Å². The average Bonchev–Trinajstić information content (AvgIpc) is 3.30. The van der Waals surface area contributed by atoms with Gasteiger partial charge in [0.2, 0.25) is 5.91 Å². The number of carbonyl (C=O) groups is 2. The van der Waals surface area contributed by atoms with E-state index in [2.05, 4.69) is 6.07 Å². The SMILES string of the molecule is CC(C)(C)C(=O)N1CCC(c2cc(CCc3ccc(Cl)s3)n(C(=O)C(C)(C)C)n2)CC1. The van der Waals surface area contributed by atoms with E-state index in [9.17, 15) is 9.59 Å². The maximum atomic E-state index is 13.1. The molecule has 1 aliphatic rings. The van der Waals surface area contributed by atoms with Crippen molar-refractivity contribution in [2.75, 3.05) is 13.1 Å². The van der Waals surface area contributed by atoms with Crippen LogP contribution in [0.1, 0.15) is 81.4 Å². The molecule has 0 radical (unpaired) electrons. The molecule has 0 aromatic carbocycles. The molecule has 0 atom stereocenters. The molecule has 3 rings (SSSR count). The third kappa shape index (κ3) is 5.78. The Morgan fingerprint density at radius 3 is 2.16 bits per heavy atom. The van der Waals surface area contributed by atoms with Crippen molar-refractivity contribution in [2.24, 2.45) is 10.8 Å². The van der Waals surface area contributed by atoms with Crippen molar-refractivity contribution in [1.82, 2.24) is 14.7 Å². The average molecular weight is 464 g/mol. The Labute approximate surface area is 194 Å². The van der Waals surface area contributed by atoms with Gasteiger partial charge in [0, 0.05) is 40.4 Å². The number of amides is 1. The molecule has 0 bridgehead atoms. The molecule has 2 aromatic rings. The maximum Gasteiger partial charge on any atom is 0.252 e. The molecule has 31 heavy (non-hydrogen) atoms. The van der Waals surface area contributed by atoms with Crippen LogP contribution < -0.4 is 0 Å². The zero-order valence-corrected chi connectivity index (χ0v) is 21.1. The summed E-state index contributed by atoms with van der Waals surface area (Å²) >= 11 is 7.65. The van der Waals surface area contributed by atoms with Gasteiger partial charge in [-0.1, -0.05) is 53.1 Å². The number of aryl methyl sites for hydroxylation is 2. The Morgan fingerprint density at radius 1 is 1.03 bits per heavy atom. The zero-order valence-electron chi connectivity index (χ0n) is 19.5. The number of thiophene rings is 1. The van der Waals surface area contributed by atoms with E-state index in [4.69, 9.17) is 16.7 Å². The normalized spacial score (nSPS) is 16.0. The second kappa shape index (κ2) is 9.07. The molecule has 0 N–H and O–H groups in total. The van der Waals surface area contributed by atoms with Gasteiger partial charge >= 0.3 is 0 Å². The Morgan fingerprint density at radius 2 is 1.65 bits per heavy atom. The first-order valence-corrected chi connectivity index (χ1v) is 12.2. The maximum absolute atomic E-state index is 13.1. The first-order chi connectivity index (χ1) is 14.4. The molecule has 0 aliphatic carbocycles. The molecule has 2 aromatic heterocycles. The van der Waals surface area contributed by atoms with E-state index >= 15 is 0 Å². The van der Waals surface area contributed by atoms with Gasteiger partial charge in [0.05, 0.1) is 10.0 Å². The molecule has 170 valence electrons. The number of hydrogen-bond donors (Lipinski definition) is 0. The van der Waals surface area contributed by atoms with Crippen LogP contribution in [-0.2, 0) is 17.6 Å². The molecule has 0 unspecified atom stereocenters. The van der Waals surface area contributed by atoms with E-state index in [0.29, 0.717) is 0 Å². The minimum atomic E-state index is -0.507. The van der Waals surface area contributed by atoms with Gasteiger partial charge in [-0.05, 0) is 43.9 Å². The summed E-state index contributed by atoms with van der Waals surface area (Å²) in [6.07, 6.45) is 3.33. The van der Waals surface area contributed by atoms with Gasteiger partial charge in [-0.15, -0.1) is 11.3 Å². The van der Waals surface area contributed by atoms with E-state index in [1.165, 1.54) is 4.88 Å². The lowest BCUT2D eigenvalue weighted by Crippen LogP contribution is -2.43. The van der Waals surface area contributed by atoms with Crippen molar-refractivity contribution in [3.8, 4) is 0 Å². The van der Waals surface area contributed by atoms with Gasteiger partial charge in [-0.2, -0.15) is 5.10 Å². The lowest BCUT2D eigenvalue weighted by Gasteiger charge is -2.35. The standard InChI is InChI=1S/C24H34ClN3O2S/c1-23(2,3)21(29)27-13-11-16(12-14-27)19-15-17(7-8-18-9-10-20(25)31-18)28(26-19)22(30)24(4,5)6/h9-10,15-16H,7-8,11-14H2,1-6H3. The predicted molar refractivity (Wildman–Crippen MR) is 127 cm³/mol. The molecule has 1 aliphatic heterocycles. The van der Waals surface area contributed by atoms with Crippen LogP contribution >= 0.6 is 22.9 Å². The Bertz CT molecular complexity index is 941. The van der Waals surface area contributed by atoms with Gasteiger partial charge in [-0.3, -0.25) is 9.59 Å². The molecule has 7 heteroatoms. The second-order valence-electron chi connectivity index (χ2n) is 10.5. The summed E-state index contributed by atoms with van der Waals surface area (Å²) in [5, 5.41) is 4.78. The zero-order chi connectivity index (χ0) is 23.0. The molecular formula is C24H34ClN3O2S. The summed E-state index contributed by atoms with van der Waals surface area (Å²) in [5.41, 5.74) is 1.06. The lowest BCUT2D eigenvalue weighted by molar-refractivity contribution is -0.140. The van der Waals surface area contributed by atoms with Crippen LogP contribution in [0.2, 0.25) is 4.34 Å². The lowest BCUT2D eigenvalue weighted by atomic mass is 9.89. The quantitative estimate of drug-likeness (QED) is 0.573. The van der Waals surface area contributed by atoms with Crippen molar-refractivity contribution < 1.29 is 9.59 Å². The number of piperidine rings is 1. The largest absolute Gasteiger partial charge is 0.342 e. The van der Waals surface area contributed by atoms with Gasteiger partial charge < -0.3 is 4.90 Å². The van der Waals surface area contributed by atoms with Gasteiger partial charge in [0.15, 0.2) is 0 Å². The molecule has 1 amide bonds. The summed E-state index contributed by atoms with van der Waals surface area (Å²) in [5.74, 6) is 0.487. The third-order valence-corrected chi connectivity index (χ3v) is 7.03. The molecule has 1 fully saturated rings. The van der Waals surface area contributed by atoms with Gasteiger partial charge in [0.1, 0.15) is 0 Å². The summed E-state index contributed by atoms with van der Waals surface area (Å²) in [6.45, 7) is 13.2. The van der Waals surface area contributed by atoms with Gasteiger partial charge in [-0.25, -0.2) is 4.68 Å². The van der Waals surface area contributed by atoms with E-state index in [1.54, 1.807) is 16.0 Å². The number of hydrogen-bond acceptors (Lipinski definition) is 4. The fourth-order valence-electron chi connectivity index (χ4n) is 3.90. The first-order valence-electron chi connectivity index (χ1n) is 11.0. The van der Waals surface area contributed by atoms with E-state index in [0.717, 1.165) is 54.5 Å². The van der Waals surface area contributed by atoms with Gasteiger partial charge in [0.25, 0.3) is 5.91 Å². The van der Waals surface area contributed by atoms with E-state index in [1.807, 2.05) is 58.6 Å². The topological polar surface area (TPSA) is 55.2 Å². The highest BCUT2D eigenvalue weighted by Crippen LogP contribution is 2.31. The van der Waals surface area contributed by atoms with Crippen LogP contribution in [0, 0.1) is 10.8 Å². The van der Waals surface area contributed by atoms with Crippen molar-refractivity contribution >= 4 is 34.8 Å². The number of aromatic nitrogens is 2. The second-order valence-corrected chi connectivity index (χ2v) is 12.3. The molecule has 5 nitrogen and oxygen atoms in total. The number of nitrogens with zero attached hydrogens (tertiary/aromatic N) is 3. The summed E-state index contributed by atoms with van der Waals surface area (Å²) in [6, 6.07) is 6.06. The summed E-state index contributed by atoms with van der Waals surface area (Å²) in [7, 11) is 0. The highest BCUT2D eigenvalue weighted by atomic mass is 35.5. The fraction of sp³-hybridized carbons (Fsp3) is 0.625. The van der Waals surface area contributed by atoms with Crippen LogP contribution in [0.4, 0.5) is 0 Å². The van der Waals surface area contributed by atoms with E-state index < -0.39 is 5.41 Å². The Balaban J connectivity index is 1.77. The number of likely N-dealkylation sites (tertiary alicyclic amines) is 1. The Kier molecular flexibility index (Phi) is 7.02. The number of rotatable bonds is 4. The molecule has 0 saturated carbocycles. The highest BCUT2D eigenvalue weighted by molar-refractivity contribution is 7.16. The molecular weight excluding hydrogens is 430 g/mol. The monoisotopic (exact) mass is 463 g/mol. The van der Waals surface area contributed by atoms with Crippen LogP contribution in [-0.4, -0.2) is 39.6 Å². The summed E-state index contributed by atoms with van der Waals surface area (Å²) < 4.78 is 2.41. The fourth-order valence-corrected chi connectivity index (χ4v) is 4.99. The Hall–Kier alpha value is -1.66. The minimum absolute atomic E-state index is 0.0123. The molecule has 0 spiro atoms. The number of halogens is 1. The van der Waals surface area contributed by atoms with Crippen LogP contribution in [0.3, 0.4) is 0 Å². The van der Waals surface area contributed by atoms with Crippen molar-refractivity contribution in [3.63, 3.8) is 0 Å². The van der Waals surface area contributed by atoms with Crippen LogP contribution in [0.25, 0.3) is 0 Å². The predicted octanol–water partition coefficient (Wildman–Crippen LogP) is 5.82. The number of carbonyl (C=O) groups excluding carboxylic acids is 2. The third-order valence-electron chi connectivity index (χ3n) is 5.73. The molecule has 1 saturated heterocycles. The van der Waals surface area contributed by atoms with Crippen LogP contribution in [0.5, 0.6) is 0 Å². The summed E-state index contributed by atoms with van der Waals surface area (Å²) in [4.78, 5) is 28.8. The van der Waals surface area contributed by atoms with Crippen LogP contribution in [0.15, 0.2) is 18.2 Å².